The Morgan fingerprint density at radius 2 is 0.804 bits per heavy atom. The summed E-state index contributed by atoms with van der Waals surface area (Å²) in [5.74, 6) is -1.45. The van der Waals surface area contributed by atoms with Gasteiger partial charge in [0.25, 0.3) is 40.5 Å². The van der Waals surface area contributed by atoms with E-state index in [9.17, 15) is 61.5 Å². The fraction of sp³-hybridized carbons (Fsp3) is 0. The molecule has 0 unspecified atom stereocenters. The fourth-order valence-corrected chi connectivity index (χ4v) is 8.41. The van der Waals surface area contributed by atoms with E-state index in [1.165, 1.54) is 60.7 Å². The summed E-state index contributed by atoms with van der Waals surface area (Å²) in [5, 5.41) is 7.73. The number of hydrazone groups is 2. The van der Waals surface area contributed by atoms with Crippen LogP contribution in [0.2, 0.25) is 0 Å². The quantitative estimate of drug-likeness (QED) is 0.0743. The second-order valence-corrected chi connectivity index (χ2v) is 17.3. The van der Waals surface area contributed by atoms with Gasteiger partial charge in [0, 0.05) is 22.3 Å². The van der Waals surface area contributed by atoms with Crippen LogP contribution in [-0.2, 0) is 40.5 Å². The van der Waals surface area contributed by atoms with Crippen LogP contribution in [0.1, 0.15) is 43.0 Å². The van der Waals surface area contributed by atoms with Gasteiger partial charge in [-0.15, -0.1) is 0 Å². The Kier molecular flexibility index (Phi) is 10.3. The van der Waals surface area contributed by atoms with Crippen molar-refractivity contribution in [2.24, 2.45) is 10.2 Å². The fourth-order valence-electron chi connectivity index (χ4n) is 5.55. The number of benzene rings is 4. The van der Waals surface area contributed by atoms with Crippen LogP contribution in [0.5, 0.6) is 0 Å². The standard InChI is InChI=1S/C34H24N4O14S4/c39-33-25-7-3-1-5-23(25)31(55(47,48)49)17-27(33)37-35-21-13-11-19(29(15-21)53(41,42)43)9-10-20-12-14-22(16-30(20)54(44,45)46)36-38-28-18-32(56(50,51)52)24-6-2-4-8-26(24)34(28)40/h1-18,35-36H,(H,41,42,43)(H,44,45,46)(H,47,48,49)(H,50,51,52)/b10-9?,37-27-,38-28-. The number of hydrogen-bond acceptors (Lipinski definition) is 14. The average molecular weight is 841 g/mol. The SMILES string of the molecule is O=C1/C(=N\Nc2ccc(C=Cc3ccc(N/N=C4/C=C(S(=O)(=O)O)c5ccccc5C4=O)cc3S(=O)(=O)O)c(S(=O)(=O)O)c2)C=C(S(=O)(=O)O)c2ccccc21. The number of hydrogen-bond donors (Lipinski definition) is 6. The lowest BCUT2D eigenvalue weighted by Crippen LogP contribution is -2.22. The maximum absolute atomic E-state index is 13.0. The van der Waals surface area contributed by atoms with Crippen molar-refractivity contribution in [3.63, 3.8) is 0 Å². The molecule has 0 aromatic heterocycles. The number of nitrogens with zero attached hydrogens (tertiary/aromatic N) is 2. The maximum atomic E-state index is 13.0. The van der Waals surface area contributed by atoms with E-state index in [-0.39, 0.29) is 44.8 Å². The van der Waals surface area contributed by atoms with Crippen LogP contribution in [0.3, 0.4) is 0 Å². The van der Waals surface area contributed by atoms with Gasteiger partial charge in [-0.25, -0.2) is 0 Å². The summed E-state index contributed by atoms with van der Waals surface area (Å²) in [4.78, 5) is 23.3. The number of fused-ring (bicyclic) bond motifs is 2. The van der Waals surface area contributed by atoms with Gasteiger partial charge in [0.2, 0.25) is 11.6 Å². The summed E-state index contributed by atoms with van der Waals surface area (Å²) < 4.78 is 137. The van der Waals surface area contributed by atoms with Crippen molar-refractivity contribution in [2.45, 2.75) is 9.79 Å². The average Bonchev–Trinajstić information content (AvgIpc) is 3.12. The highest BCUT2D eigenvalue weighted by molar-refractivity contribution is 7.95. The van der Waals surface area contributed by atoms with Crippen molar-refractivity contribution < 1.29 is 61.5 Å². The number of carbonyl (C=O) groups excluding carboxylic acids is 2. The van der Waals surface area contributed by atoms with E-state index in [2.05, 4.69) is 21.1 Å². The largest absolute Gasteiger partial charge is 0.295 e. The second kappa shape index (κ2) is 14.6. The molecule has 4 aromatic carbocycles. The molecule has 0 radical (unpaired) electrons. The third-order valence-corrected chi connectivity index (χ3v) is 11.7. The number of anilines is 2. The topological polar surface area (TPSA) is 300 Å². The summed E-state index contributed by atoms with van der Waals surface area (Å²) in [6.45, 7) is 0. The molecule has 6 N–H and O–H groups in total. The summed E-state index contributed by atoms with van der Waals surface area (Å²) in [6.07, 6.45) is 3.80. The highest BCUT2D eigenvalue weighted by Gasteiger charge is 2.31. The zero-order valence-electron chi connectivity index (χ0n) is 27.8. The van der Waals surface area contributed by atoms with Gasteiger partial charge in [-0.05, 0) is 47.5 Å². The highest BCUT2D eigenvalue weighted by Crippen LogP contribution is 2.31. The van der Waals surface area contributed by atoms with E-state index in [0.717, 1.165) is 48.6 Å². The zero-order chi connectivity index (χ0) is 40.8. The lowest BCUT2D eigenvalue weighted by atomic mass is 9.95. The number of Topliss-reactive ketones (excluding diaryl/α,β-unsaturated/α-hetero) is 2. The number of carbonyl (C=O) groups is 2. The van der Waals surface area contributed by atoms with Gasteiger partial charge in [-0.3, -0.25) is 38.7 Å². The lowest BCUT2D eigenvalue weighted by molar-refractivity contribution is 0.105. The first-order valence-corrected chi connectivity index (χ1v) is 21.1. The Morgan fingerprint density at radius 3 is 1.12 bits per heavy atom. The van der Waals surface area contributed by atoms with Crippen LogP contribution >= 0.6 is 0 Å². The Labute approximate surface area is 318 Å². The molecule has 0 atom stereocenters. The molecule has 2 aliphatic rings. The van der Waals surface area contributed by atoms with E-state index in [1.807, 2.05) is 0 Å². The molecule has 0 bridgehead atoms. The first-order valence-electron chi connectivity index (χ1n) is 15.4. The predicted molar refractivity (Wildman–Crippen MR) is 204 cm³/mol. The van der Waals surface area contributed by atoms with Gasteiger partial charge in [-0.2, -0.15) is 43.9 Å². The molecule has 0 fully saturated rings. The first kappa shape index (κ1) is 39.7. The molecule has 22 heteroatoms. The number of allylic oxidation sites excluding steroid dienone is 2. The molecular formula is C34H24N4O14S4. The minimum atomic E-state index is -4.99. The van der Waals surface area contributed by atoms with Gasteiger partial charge in [0.1, 0.15) is 31.0 Å². The molecule has 56 heavy (non-hydrogen) atoms. The number of nitrogens with one attached hydrogen (secondary N) is 2. The molecule has 2 aliphatic carbocycles. The normalized spacial score (nSPS) is 16.4. The van der Waals surface area contributed by atoms with E-state index >= 15 is 0 Å². The molecule has 0 aliphatic heterocycles. The second-order valence-electron chi connectivity index (χ2n) is 11.7. The molecule has 288 valence electrons. The Bertz CT molecular complexity index is 2800. The van der Waals surface area contributed by atoms with E-state index in [1.54, 1.807) is 0 Å². The van der Waals surface area contributed by atoms with E-state index < -0.39 is 83.1 Å². The van der Waals surface area contributed by atoms with Crippen molar-refractivity contribution in [1.82, 2.24) is 0 Å². The van der Waals surface area contributed by atoms with E-state index in [0.29, 0.717) is 0 Å². The van der Waals surface area contributed by atoms with Crippen LogP contribution in [0.15, 0.2) is 117 Å². The van der Waals surface area contributed by atoms with Crippen molar-refractivity contribution in [3.8, 4) is 0 Å². The Hall–Kier alpha value is -5.98. The van der Waals surface area contributed by atoms with Gasteiger partial charge in [0.05, 0.1) is 11.4 Å². The molecule has 0 saturated carbocycles. The summed E-state index contributed by atoms with van der Waals surface area (Å²) in [5.41, 5.74) is 2.94. The molecule has 0 spiro atoms. The number of rotatable bonds is 10. The third kappa shape index (κ3) is 8.31. The van der Waals surface area contributed by atoms with Gasteiger partial charge < -0.3 is 0 Å². The Balaban J connectivity index is 1.30. The molecule has 6 rings (SSSR count). The van der Waals surface area contributed by atoms with Crippen molar-refractivity contribution >= 4 is 96.8 Å². The smallest absolute Gasteiger partial charge is 0.287 e. The minimum absolute atomic E-state index is 0.0578. The lowest BCUT2D eigenvalue weighted by Gasteiger charge is -2.16. The van der Waals surface area contributed by atoms with Crippen LogP contribution in [0, 0.1) is 0 Å². The summed E-state index contributed by atoms with van der Waals surface area (Å²) in [6, 6.07) is 17.7. The molecule has 0 saturated heterocycles. The van der Waals surface area contributed by atoms with Gasteiger partial charge in [-0.1, -0.05) is 72.8 Å². The van der Waals surface area contributed by atoms with Crippen molar-refractivity contribution in [1.29, 1.82) is 0 Å². The highest BCUT2D eigenvalue weighted by atomic mass is 32.2. The Morgan fingerprint density at radius 1 is 0.464 bits per heavy atom. The summed E-state index contributed by atoms with van der Waals surface area (Å²) >= 11 is 0. The molecule has 0 heterocycles. The third-order valence-electron chi connectivity index (χ3n) is 8.07. The monoisotopic (exact) mass is 840 g/mol. The molecule has 0 amide bonds. The van der Waals surface area contributed by atoms with Crippen LogP contribution < -0.4 is 10.9 Å². The van der Waals surface area contributed by atoms with Crippen molar-refractivity contribution in [2.75, 3.05) is 10.9 Å². The van der Waals surface area contributed by atoms with Crippen molar-refractivity contribution in [3.05, 3.63) is 130 Å². The minimum Gasteiger partial charge on any atom is -0.287 e. The van der Waals surface area contributed by atoms with Crippen LogP contribution in [-0.4, -0.2) is 74.9 Å². The predicted octanol–water partition coefficient (Wildman–Crippen LogP) is 4.14. The summed E-state index contributed by atoms with van der Waals surface area (Å²) in [7, 11) is -19.6. The van der Waals surface area contributed by atoms with Crippen LogP contribution in [0.4, 0.5) is 11.4 Å². The molecule has 4 aromatic rings. The molecule has 18 nitrogen and oxygen atoms in total. The van der Waals surface area contributed by atoms with Gasteiger partial charge >= 0.3 is 0 Å². The van der Waals surface area contributed by atoms with Crippen LogP contribution in [0.25, 0.3) is 22.0 Å². The first-order chi connectivity index (χ1) is 26.1. The number of ketones is 2. The maximum Gasteiger partial charge on any atom is 0.295 e. The van der Waals surface area contributed by atoms with Gasteiger partial charge in [0.15, 0.2) is 0 Å². The zero-order valence-corrected chi connectivity index (χ0v) is 31.1. The molecular weight excluding hydrogens is 817 g/mol. The van der Waals surface area contributed by atoms with E-state index in [4.69, 9.17) is 0 Å².